The van der Waals surface area contributed by atoms with Gasteiger partial charge in [0.2, 0.25) is 0 Å². The second-order valence-corrected chi connectivity index (χ2v) is 4.67. The first kappa shape index (κ1) is 13.3. The van der Waals surface area contributed by atoms with Crippen molar-refractivity contribution in [2.75, 3.05) is 0 Å². The van der Waals surface area contributed by atoms with Crippen LogP contribution in [0.15, 0.2) is 18.3 Å². The summed E-state index contributed by atoms with van der Waals surface area (Å²) in [7, 11) is 0. The Morgan fingerprint density at radius 2 is 2.05 bits per heavy atom. The fraction of sp³-hybridized carbons (Fsp3) is 0.462. The molecule has 0 aliphatic heterocycles. The topological polar surface area (TPSA) is 91.3 Å². The largest absolute Gasteiger partial charge is 0.477 e. The zero-order chi connectivity index (χ0) is 13.7. The van der Waals surface area contributed by atoms with Crippen LogP contribution >= 0.6 is 0 Å². The Labute approximate surface area is 111 Å². The van der Waals surface area contributed by atoms with Crippen molar-refractivity contribution in [2.24, 2.45) is 0 Å². The van der Waals surface area contributed by atoms with E-state index in [0.717, 1.165) is 18.4 Å². The standard InChI is InChI=1S/C13H17N3O3/c17-12(18)11-6-5-9(7-14-11)8-15-13(19)16-10-3-1-2-4-10/h5-7,10H,1-4,8H2,(H,17,18)(H2,15,16,19). The number of hydrogen-bond acceptors (Lipinski definition) is 3. The molecule has 0 bridgehead atoms. The number of carboxylic acid groups (broad SMARTS) is 1. The maximum atomic E-state index is 11.6. The lowest BCUT2D eigenvalue weighted by atomic mass is 10.2. The minimum Gasteiger partial charge on any atom is -0.477 e. The molecule has 1 aromatic heterocycles. The van der Waals surface area contributed by atoms with E-state index < -0.39 is 5.97 Å². The molecular formula is C13H17N3O3. The van der Waals surface area contributed by atoms with Crippen LogP contribution in [-0.2, 0) is 6.54 Å². The van der Waals surface area contributed by atoms with Gasteiger partial charge >= 0.3 is 12.0 Å². The first-order valence-corrected chi connectivity index (χ1v) is 6.38. The van der Waals surface area contributed by atoms with E-state index in [2.05, 4.69) is 15.6 Å². The third-order valence-corrected chi connectivity index (χ3v) is 3.19. The molecule has 0 spiro atoms. The molecule has 1 saturated carbocycles. The highest BCUT2D eigenvalue weighted by atomic mass is 16.4. The predicted molar refractivity (Wildman–Crippen MR) is 68.8 cm³/mol. The Kier molecular flexibility index (Phi) is 4.33. The SMILES string of the molecule is O=C(NCc1ccc(C(=O)O)nc1)NC1CCCC1. The monoisotopic (exact) mass is 263 g/mol. The van der Waals surface area contributed by atoms with Crippen molar-refractivity contribution >= 4 is 12.0 Å². The van der Waals surface area contributed by atoms with E-state index in [4.69, 9.17) is 5.11 Å². The number of aromatic carboxylic acids is 1. The van der Waals surface area contributed by atoms with Crippen molar-refractivity contribution in [3.8, 4) is 0 Å². The number of rotatable bonds is 4. The number of hydrogen-bond donors (Lipinski definition) is 3. The van der Waals surface area contributed by atoms with Crippen molar-refractivity contribution in [3.63, 3.8) is 0 Å². The van der Waals surface area contributed by atoms with E-state index in [1.165, 1.54) is 25.1 Å². The molecule has 1 fully saturated rings. The molecule has 19 heavy (non-hydrogen) atoms. The van der Waals surface area contributed by atoms with Crippen molar-refractivity contribution < 1.29 is 14.7 Å². The number of carboxylic acids is 1. The van der Waals surface area contributed by atoms with Gasteiger partial charge in [0, 0.05) is 18.8 Å². The van der Waals surface area contributed by atoms with Crippen molar-refractivity contribution in [3.05, 3.63) is 29.6 Å². The summed E-state index contributed by atoms with van der Waals surface area (Å²) in [6.07, 6.45) is 5.89. The van der Waals surface area contributed by atoms with Crippen LogP contribution in [0.2, 0.25) is 0 Å². The van der Waals surface area contributed by atoms with Gasteiger partial charge < -0.3 is 15.7 Å². The quantitative estimate of drug-likeness (QED) is 0.768. The van der Waals surface area contributed by atoms with Crippen LogP contribution in [0.25, 0.3) is 0 Å². The number of carbonyl (C=O) groups is 2. The number of nitrogens with one attached hydrogen (secondary N) is 2. The molecule has 3 N–H and O–H groups in total. The van der Waals surface area contributed by atoms with Crippen molar-refractivity contribution in [1.82, 2.24) is 15.6 Å². The Hall–Kier alpha value is -2.11. The highest BCUT2D eigenvalue weighted by molar-refractivity contribution is 5.85. The zero-order valence-corrected chi connectivity index (χ0v) is 10.6. The van der Waals surface area contributed by atoms with Crippen LogP contribution in [0.5, 0.6) is 0 Å². The Bertz CT molecular complexity index is 453. The summed E-state index contributed by atoms with van der Waals surface area (Å²) in [6.45, 7) is 0.339. The second-order valence-electron chi connectivity index (χ2n) is 4.67. The number of pyridine rings is 1. The van der Waals surface area contributed by atoms with Gasteiger partial charge in [-0.3, -0.25) is 0 Å². The number of amides is 2. The maximum absolute atomic E-state index is 11.6. The van der Waals surface area contributed by atoms with Gasteiger partial charge in [-0.2, -0.15) is 0 Å². The third kappa shape index (κ3) is 3.94. The van der Waals surface area contributed by atoms with Crippen LogP contribution < -0.4 is 10.6 Å². The van der Waals surface area contributed by atoms with E-state index in [9.17, 15) is 9.59 Å². The summed E-state index contributed by atoms with van der Waals surface area (Å²) in [6, 6.07) is 3.17. The minimum absolute atomic E-state index is 0.000780. The maximum Gasteiger partial charge on any atom is 0.354 e. The summed E-state index contributed by atoms with van der Waals surface area (Å²) in [5.74, 6) is -1.06. The predicted octanol–water partition coefficient (Wildman–Crippen LogP) is 1.52. The van der Waals surface area contributed by atoms with E-state index >= 15 is 0 Å². The number of nitrogens with zero attached hydrogens (tertiary/aromatic N) is 1. The van der Waals surface area contributed by atoms with Crippen molar-refractivity contribution in [1.29, 1.82) is 0 Å². The average molecular weight is 263 g/mol. The molecule has 1 aliphatic carbocycles. The fourth-order valence-corrected chi connectivity index (χ4v) is 2.14. The lowest BCUT2D eigenvalue weighted by Crippen LogP contribution is -2.40. The van der Waals surface area contributed by atoms with Crippen LogP contribution in [0, 0.1) is 0 Å². The third-order valence-electron chi connectivity index (χ3n) is 3.19. The van der Waals surface area contributed by atoms with Crippen LogP contribution in [0.4, 0.5) is 4.79 Å². The normalized spacial score (nSPS) is 15.2. The Morgan fingerprint density at radius 3 is 2.63 bits per heavy atom. The molecule has 1 aliphatic rings. The van der Waals surface area contributed by atoms with Gasteiger partial charge in [-0.05, 0) is 24.5 Å². The van der Waals surface area contributed by atoms with Gasteiger partial charge in [0.05, 0.1) is 0 Å². The lowest BCUT2D eigenvalue weighted by molar-refractivity contribution is 0.0690. The minimum atomic E-state index is -1.06. The lowest BCUT2D eigenvalue weighted by Gasteiger charge is -2.12. The molecule has 2 rings (SSSR count). The van der Waals surface area contributed by atoms with Gasteiger partial charge in [-0.15, -0.1) is 0 Å². The molecule has 1 aromatic rings. The first-order chi connectivity index (χ1) is 9.15. The van der Waals surface area contributed by atoms with E-state index in [1.807, 2.05) is 0 Å². The number of aromatic nitrogens is 1. The number of carbonyl (C=O) groups excluding carboxylic acids is 1. The summed E-state index contributed by atoms with van der Waals surface area (Å²) in [4.78, 5) is 26.0. The second kappa shape index (κ2) is 6.17. The molecule has 0 unspecified atom stereocenters. The molecular weight excluding hydrogens is 246 g/mol. The molecule has 0 atom stereocenters. The molecule has 6 nitrogen and oxygen atoms in total. The Morgan fingerprint density at radius 1 is 1.32 bits per heavy atom. The molecule has 0 radical (unpaired) electrons. The van der Waals surface area contributed by atoms with Gasteiger partial charge in [0.15, 0.2) is 0 Å². The van der Waals surface area contributed by atoms with Crippen LogP contribution in [0.3, 0.4) is 0 Å². The summed E-state index contributed by atoms with van der Waals surface area (Å²) in [5, 5.41) is 14.4. The molecule has 6 heteroatoms. The number of urea groups is 1. The van der Waals surface area contributed by atoms with E-state index in [0.29, 0.717) is 6.54 Å². The zero-order valence-electron chi connectivity index (χ0n) is 10.6. The summed E-state index contributed by atoms with van der Waals surface area (Å²) in [5.41, 5.74) is 0.769. The van der Waals surface area contributed by atoms with E-state index in [1.54, 1.807) is 6.07 Å². The van der Waals surface area contributed by atoms with Crippen LogP contribution in [-0.4, -0.2) is 28.1 Å². The highest BCUT2D eigenvalue weighted by Gasteiger charge is 2.16. The molecule has 0 aromatic carbocycles. The van der Waals surface area contributed by atoms with Gasteiger partial charge in [-0.1, -0.05) is 18.9 Å². The summed E-state index contributed by atoms with van der Waals surface area (Å²) >= 11 is 0. The van der Waals surface area contributed by atoms with Gasteiger partial charge in [0.25, 0.3) is 0 Å². The molecule has 1 heterocycles. The van der Waals surface area contributed by atoms with Gasteiger partial charge in [-0.25, -0.2) is 14.6 Å². The van der Waals surface area contributed by atoms with Crippen molar-refractivity contribution in [2.45, 2.75) is 38.3 Å². The van der Waals surface area contributed by atoms with Crippen LogP contribution in [0.1, 0.15) is 41.7 Å². The Balaban J connectivity index is 1.77. The molecule has 102 valence electrons. The fourth-order valence-electron chi connectivity index (χ4n) is 2.14. The molecule has 0 saturated heterocycles. The van der Waals surface area contributed by atoms with Gasteiger partial charge in [0.1, 0.15) is 5.69 Å². The highest BCUT2D eigenvalue weighted by Crippen LogP contribution is 2.17. The smallest absolute Gasteiger partial charge is 0.354 e. The summed E-state index contributed by atoms with van der Waals surface area (Å²) < 4.78 is 0. The van der Waals surface area contributed by atoms with E-state index in [-0.39, 0.29) is 17.8 Å². The first-order valence-electron chi connectivity index (χ1n) is 6.38. The average Bonchev–Trinajstić information content (AvgIpc) is 2.89. The molecule has 2 amide bonds.